The topological polar surface area (TPSA) is 30.5 Å². The van der Waals surface area contributed by atoms with E-state index in [4.69, 9.17) is 9.47 Å². The lowest BCUT2D eigenvalue weighted by atomic mass is 9.74. The number of hydrogen-bond acceptors (Lipinski definition) is 3. The third-order valence-electron chi connectivity index (χ3n) is 3.08. The average Bonchev–Trinajstić information content (AvgIpc) is 2.16. The zero-order valence-corrected chi connectivity index (χ0v) is 11.8. The lowest BCUT2D eigenvalue weighted by Gasteiger charge is -2.35. The summed E-state index contributed by atoms with van der Waals surface area (Å²) < 4.78 is 10.3. The average molecular weight is 231 g/mol. The second kappa shape index (κ2) is 8.04. The molecule has 0 saturated carbocycles. The van der Waals surface area contributed by atoms with Gasteiger partial charge in [-0.3, -0.25) is 0 Å². The van der Waals surface area contributed by atoms with Crippen molar-refractivity contribution in [1.29, 1.82) is 0 Å². The molecule has 0 bridgehead atoms. The summed E-state index contributed by atoms with van der Waals surface area (Å²) in [6, 6.07) is 0. The summed E-state index contributed by atoms with van der Waals surface area (Å²) in [6.45, 7) is 12.7. The molecule has 0 fully saturated rings. The lowest BCUT2D eigenvalue weighted by Crippen LogP contribution is -2.38. The molecule has 3 nitrogen and oxygen atoms in total. The minimum Gasteiger partial charge on any atom is -0.384 e. The van der Waals surface area contributed by atoms with Gasteiger partial charge >= 0.3 is 0 Å². The van der Waals surface area contributed by atoms with Gasteiger partial charge in [0.15, 0.2) is 0 Å². The number of rotatable bonds is 8. The fraction of sp³-hybridized carbons (Fsp3) is 1.00. The van der Waals surface area contributed by atoms with Crippen molar-refractivity contribution in [2.24, 2.45) is 17.3 Å². The van der Waals surface area contributed by atoms with Gasteiger partial charge in [-0.1, -0.05) is 27.7 Å². The molecule has 3 heteroatoms. The Morgan fingerprint density at radius 3 is 2.19 bits per heavy atom. The van der Waals surface area contributed by atoms with Gasteiger partial charge in [0.2, 0.25) is 0 Å². The summed E-state index contributed by atoms with van der Waals surface area (Å²) in [5.74, 6) is 1.18. The van der Waals surface area contributed by atoms with Gasteiger partial charge in [0, 0.05) is 27.4 Å². The SMILES string of the molecule is COCCNCC(C(C)COC)C(C)(C)C. The van der Waals surface area contributed by atoms with Gasteiger partial charge in [0.05, 0.1) is 6.61 Å². The first kappa shape index (κ1) is 15.9. The van der Waals surface area contributed by atoms with E-state index in [0.717, 1.165) is 26.3 Å². The van der Waals surface area contributed by atoms with Crippen LogP contribution >= 0.6 is 0 Å². The Labute approximate surface area is 101 Å². The maximum Gasteiger partial charge on any atom is 0.0587 e. The van der Waals surface area contributed by atoms with Crippen LogP contribution < -0.4 is 5.32 Å². The van der Waals surface area contributed by atoms with Gasteiger partial charge in [-0.25, -0.2) is 0 Å². The van der Waals surface area contributed by atoms with Crippen LogP contribution in [-0.4, -0.2) is 40.5 Å². The number of methoxy groups -OCH3 is 2. The molecule has 0 aliphatic carbocycles. The van der Waals surface area contributed by atoms with Crippen LogP contribution in [0.2, 0.25) is 0 Å². The molecule has 2 unspecified atom stereocenters. The van der Waals surface area contributed by atoms with Gasteiger partial charge in [-0.2, -0.15) is 0 Å². The monoisotopic (exact) mass is 231 g/mol. The molecule has 0 radical (unpaired) electrons. The predicted octanol–water partition coefficient (Wildman–Crippen LogP) is 2.17. The van der Waals surface area contributed by atoms with Crippen molar-refractivity contribution in [2.45, 2.75) is 27.7 Å². The van der Waals surface area contributed by atoms with Gasteiger partial charge in [0.1, 0.15) is 0 Å². The van der Waals surface area contributed by atoms with E-state index in [1.54, 1.807) is 14.2 Å². The minimum absolute atomic E-state index is 0.304. The fourth-order valence-electron chi connectivity index (χ4n) is 2.17. The van der Waals surface area contributed by atoms with E-state index in [9.17, 15) is 0 Å². The Bertz CT molecular complexity index is 166. The van der Waals surface area contributed by atoms with E-state index >= 15 is 0 Å². The van der Waals surface area contributed by atoms with E-state index in [0.29, 0.717) is 17.3 Å². The van der Waals surface area contributed by atoms with Crippen molar-refractivity contribution in [3.05, 3.63) is 0 Å². The Balaban J connectivity index is 4.11. The molecule has 0 heterocycles. The molecule has 2 atom stereocenters. The lowest BCUT2D eigenvalue weighted by molar-refractivity contribution is 0.0782. The van der Waals surface area contributed by atoms with Crippen molar-refractivity contribution in [3.63, 3.8) is 0 Å². The van der Waals surface area contributed by atoms with E-state index < -0.39 is 0 Å². The highest BCUT2D eigenvalue weighted by Crippen LogP contribution is 2.31. The summed E-state index contributed by atoms with van der Waals surface area (Å²) in [7, 11) is 3.51. The molecule has 16 heavy (non-hydrogen) atoms. The number of hydrogen-bond donors (Lipinski definition) is 1. The van der Waals surface area contributed by atoms with Crippen molar-refractivity contribution in [2.75, 3.05) is 40.5 Å². The van der Waals surface area contributed by atoms with Gasteiger partial charge in [-0.15, -0.1) is 0 Å². The normalized spacial score (nSPS) is 16.1. The molecule has 0 spiro atoms. The number of ether oxygens (including phenoxy) is 2. The third kappa shape index (κ3) is 6.46. The molecule has 1 N–H and O–H groups in total. The Kier molecular flexibility index (Phi) is 7.98. The standard InChI is InChI=1S/C13H29NO2/c1-11(10-16-6)12(13(2,3)4)9-14-7-8-15-5/h11-12,14H,7-10H2,1-6H3. The van der Waals surface area contributed by atoms with Crippen LogP contribution in [0.5, 0.6) is 0 Å². The Hall–Kier alpha value is -0.120. The quantitative estimate of drug-likeness (QED) is 0.649. The van der Waals surface area contributed by atoms with E-state index in [2.05, 4.69) is 33.0 Å². The Morgan fingerprint density at radius 2 is 1.75 bits per heavy atom. The highest BCUT2D eigenvalue weighted by molar-refractivity contribution is 4.80. The molecular weight excluding hydrogens is 202 g/mol. The molecule has 0 aromatic carbocycles. The van der Waals surface area contributed by atoms with Gasteiger partial charge in [-0.05, 0) is 23.8 Å². The van der Waals surface area contributed by atoms with Crippen molar-refractivity contribution in [3.8, 4) is 0 Å². The smallest absolute Gasteiger partial charge is 0.0587 e. The summed E-state index contributed by atoms with van der Waals surface area (Å²) in [5, 5.41) is 3.45. The molecule has 0 aliphatic rings. The zero-order chi connectivity index (χ0) is 12.6. The van der Waals surface area contributed by atoms with E-state index in [-0.39, 0.29) is 0 Å². The van der Waals surface area contributed by atoms with Crippen LogP contribution in [0.4, 0.5) is 0 Å². The maximum atomic E-state index is 5.25. The summed E-state index contributed by atoms with van der Waals surface area (Å²) >= 11 is 0. The molecule has 0 aliphatic heterocycles. The summed E-state index contributed by atoms with van der Waals surface area (Å²) in [6.07, 6.45) is 0. The molecule has 0 aromatic heterocycles. The first-order valence-electron chi connectivity index (χ1n) is 6.12. The maximum absolute atomic E-state index is 5.25. The van der Waals surface area contributed by atoms with E-state index in [1.807, 2.05) is 0 Å². The molecule has 0 saturated heterocycles. The first-order chi connectivity index (χ1) is 7.43. The fourth-order valence-corrected chi connectivity index (χ4v) is 2.17. The first-order valence-corrected chi connectivity index (χ1v) is 6.12. The van der Waals surface area contributed by atoms with Crippen LogP contribution in [0.15, 0.2) is 0 Å². The van der Waals surface area contributed by atoms with Crippen molar-refractivity contribution in [1.82, 2.24) is 5.32 Å². The summed E-state index contributed by atoms with van der Waals surface area (Å²) in [5.41, 5.74) is 0.304. The predicted molar refractivity (Wildman–Crippen MR) is 68.7 cm³/mol. The van der Waals surface area contributed by atoms with Crippen LogP contribution in [0, 0.1) is 17.3 Å². The molecule has 98 valence electrons. The summed E-state index contributed by atoms with van der Waals surface area (Å²) in [4.78, 5) is 0. The third-order valence-corrected chi connectivity index (χ3v) is 3.08. The van der Waals surface area contributed by atoms with Crippen molar-refractivity contribution >= 4 is 0 Å². The van der Waals surface area contributed by atoms with Gasteiger partial charge < -0.3 is 14.8 Å². The molecular formula is C13H29NO2. The Morgan fingerprint density at radius 1 is 1.12 bits per heavy atom. The number of nitrogens with one attached hydrogen (secondary N) is 1. The largest absolute Gasteiger partial charge is 0.384 e. The molecule has 0 amide bonds. The van der Waals surface area contributed by atoms with Crippen molar-refractivity contribution < 1.29 is 9.47 Å². The highest BCUT2D eigenvalue weighted by Gasteiger charge is 2.29. The second-order valence-corrected chi connectivity index (χ2v) is 5.60. The van der Waals surface area contributed by atoms with E-state index in [1.165, 1.54) is 0 Å². The van der Waals surface area contributed by atoms with Crippen LogP contribution in [0.25, 0.3) is 0 Å². The van der Waals surface area contributed by atoms with Gasteiger partial charge in [0.25, 0.3) is 0 Å². The zero-order valence-electron chi connectivity index (χ0n) is 11.8. The second-order valence-electron chi connectivity index (χ2n) is 5.60. The minimum atomic E-state index is 0.304. The van der Waals surface area contributed by atoms with Crippen LogP contribution in [-0.2, 0) is 9.47 Å². The molecule has 0 aromatic rings. The van der Waals surface area contributed by atoms with Crippen LogP contribution in [0.3, 0.4) is 0 Å². The molecule has 0 rings (SSSR count). The van der Waals surface area contributed by atoms with Crippen LogP contribution in [0.1, 0.15) is 27.7 Å². The highest BCUT2D eigenvalue weighted by atomic mass is 16.5.